The van der Waals surface area contributed by atoms with Crippen LogP contribution in [0, 0.1) is 0 Å². The minimum Gasteiger partial charge on any atom is -0.444 e. The van der Waals surface area contributed by atoms with Crippen LogP contribution in [-0.2, 0) is 9.53 Å². The SMILES string of the molecule is C[C@H](N)C(=O)Nc1cccc(NC(=O)OC(C)(C)C)c1. The van der Waals surface area contributed by atoms with Gasteiger partial charge in [0.15, 0.2) is 0 Å². The Balaban J connectivity index is 2.69. The van der Waals surface area contributed by atoms with Gasteiger partial charge in [0.25, 0.3) is 0 Å². The van der Waals surface area contributed by atoms with Gasteiger partial charge in [-0.15, -0.1) is 0 Å². The molecule has 6 heteroatoms. The maximum absolute atomic E-state index is 11.6. The van der Waals surface area contributed by atoms with Gasteiger partial charge in [0.1, 0.15) is 5.60 Å². The van der Waals surface area contributed by atoms with E-state index >= 15 is 0 Å². The van der Waals surface area contributed by atoms with Gasteiger partial charge in [0.05, 0.1) is 6.04 Å². The lowest BCUT2D eigenvalue weighted by Gasteiger charge is -2.19. The number of hydrogen-bond acceptors (Lipinski definition) is 4. The summed E-state index contributed by atoms with van der Waals surface area (Å²) < 4.78 is 5.14. The summed E-state index contributed by atoms with van der Waals surface area (Å²) in [6.45, 7) is 6.95. The van der Waals surface area contributed by atoms with E-state index in [2.05, 4.69) is 10.6 Å². The molecule has 0 fully saturated rings. The predicted molar refractivity (Wildman–Crippen MR) is 78.6 cm³/mol. The van der Waals surface area contributed by atoms with Gasteiger partial charge >= 0.3 is 6.09 Å². The first-order valence-corrected chi connectivity index (χ1v) is 6.34. The molecule has 0 saturated heterocycles. The Hall–Kier alpha value is -2.08. The molecule has 0 saturated carbocycles. The maximum Gasteiger partial charge on any atom is 0.412 e. The van der Waals surface area contributed by atoms with E-state index in [4.69, 9.17) is 10.5 Å². The first-order chi connectivity index (χ1) is 9.17. The Morgan fingerprint density at radius 3 is 2.25 bits per heavy atom. The minimum atomic E-state index is -0.600. The van der Waals surface area contributed by atoms with Gasteiger partial charge in [0.2, 0.25) is 5.91 Å². The summed E-state index contributed by atoms with van der Waals surface area (Å²) in [6.07, 6.45) is -0.548. The second-order valence-electron chi connectivity index (χ2n) is 5.49. The fraction of sp³-hybridized carbons (Fsp3) is 0.429. The predicted octanol–water partition coefficient (Wildman–Crippen LogP) is 2.32. The summed E-state index contributed by atoms with van der Waals surface area (Å²) >= 11 is 0. The minimum absolute atomic E-state index is 0.292. The van der Waals surface area contributed by atoms with Crippen LogP contribution in [0.2, 0.25) is 0 Å². The molecule has 1 rings (SSSR count). The number of nitrogens with one attached hydrogen (secondary N) is 2. The van der Waals surface area contributed by atoms with Crippen LogP contribution in [-0.4, -0.2) is 23.6 Å². The van der Waals surface area contributed by atoms with Gasteiger partial charge in [-0.05, 0) is 45.9 Å². The van der Waals surface area contributed by atoms with Crippen molar-refractivity contribution >= 4 is 23.4 Å². The third-order valence-electron chi connectivity index (χ3n) is 2.19. The van der Waals surface area contributed by atoms with Crippen LogP contribution in [0.15, 0.2) is 24.3 Å². The lowest BCUT2D eigenvalue weighted by Crippen LogP contribution is -2.32. The molecular weight excluding hydrogens is 258 g/mol. The summed E-state index contributed by atoms with van der Waals surface area (Å²) in [4.78, 5) is 23.1. The van der Waals surface area contributed by atoms with E-state index in [1.165, 1.54) is 0 Å². The van der Waals surface area contributed by atoms with E-state index in [0.717, 1.165) is 0 Å². The number of nitrogens with two attached hydrogens (primary N) is 1. The highest BCUT2D eigenvalue weighted by atomic mass is 16.6. The highest BCUT2D eigenvalue weighted by molar-refractivity contribution is 5.95. The summed E-state index contributed by atoms with van der Waals surface area (Å²) in [5.74, 6) is -0.292. The molecule has 0 unspecified atom stereocenters. The molecule has 1 aromatic carbocycles. The summed E-state index contributed by atoms with van der Waals surface area (Å²) in [5, 5.41) is 5.24. The Kier molecular flexibility index (Phi) is 5.10. The number of benzene rings is 1. The van der Waals surface area contributed by atoms with Crippen LogP contribution in [0.1, 0.15) is 27.7 Å². The first-order valence-electron chi connectivity index (χ1n) is 6.34. The third-order valence-corrected chi connectivity index (χ3v) is 2.19. The molecule has 0 aliphatic rings. The molecule has 1 aromatic rings. The molecule has 6 nitrogen and oxygen atoms in total. The maximum atomic E-state index is 11.6. The van der Waals surface area contributed by atoms with Crippen LogP contribution in [0.4, 0.5) is 16.2 Å². The Morgan fingerprint density at radius 1 is 1.20 bits per heavy atom. The van der Waals surface area contributed by atoms with Crippen molar-refractivity contribution < 1.29 is 14.3 Å². The Bertz CT molecular complexity index is 493. The highest BCUT2D eigenvalue weighted by Crippen LogP contribution is 2.16. The molecule has 0 radical (unpaired) electrons. The molecule has 4 N–H and O–H groups in total. The number of ether oxygens (including phenoxy) is 1. The van der Waals surface area contributed by atoms with Crippen molar-refractivity contribution in [1.29, 1.82) is 0 Å². The molecule has 0 aliphatic heterocycles. The molecule has 0 aliphatic carbocycles. The molecule has 1 atom stereocenters. The number of amides is 2. The zero-order valence-electron chi connectivity index (χ0n) is 12.2. The highest BCUT2D eigenvalue weighted by Gasteiger charge is 2.16. The van der Waals surface area contributed by atoms with Gasteiger partial charge in [-0.1, -0.05) is 6.07 Å². The molecule has 0 bridgehead atoms. The van der Waals surface area contributed by atoms with E-state index in [0.29, 0.717) is 11.4 Å². The van der Waals surface area contributed by atoms with Crippen LogP contribution in [0.25, 0.3) is 0 Å². The normalized spacial score (nSPS) is 12.4. The fourth-order valence-corrected chi connectivity index (χ4v) is 1.35. The number of hydrogen-bond donors (Lipinski definition) is 3. The van der Waals surface area contributed by atoms with Crippen LogP contribution < -0.4 is 16.4 Å². The van der Waals surface area contributed by atoms with Crippen molar-refractivity contribution in [2.24, 2.45) is 5.73 Å². The number of carbonyl (C=O) groups is 2. The van der Waals surface area contributed by atoms with Crippen LogP contribution >= 0.6 is 0 Å². The zero-order valence-corrected chi connectivity index (χ0v) is 12.2. The summed E-state index contributed by atoms with van der Waals surface area (Å²) in [7, 11) is 0. The van der Waals surface area contributed by atoms with E-state index in [1.54, 1.807) is 52.0 Å². The molecule has 0 heterocycles. The van der Waals surface area contributed by atoms with Gasteiger partial charge < -0.3 is 15.8 Å². The second-order valence-corrected chi connectivity index (χ2v) is 5.49. The lowest BCUT2D eigenvalue weighted by molar-refractivity contribution is -0.117. The van der Waals surface area contributed by atoms with Crippen LogP contribution in [0.3, 0.4) is 0 Å². The van der Waals surface area contributed by atoms with Crippen molar-refractivity contribution in [3.8, 4) is 0 Å². The quantitative estimate of drug-likeness (QED) is 0.791. The molecule has 110 valence electrons. The van der Waals surface area contributed by atoms with E-state index in [-0.39, 0.29) is 5.91 Å². The Labute approximate surface area is 118 Å². The molecular formula is C14H21N3O3. The van der Waals surface area contributed by atoms with Gasteiger partial charge in [-0.2, -0.15) is 0 Å². The van der Waals surface area contributed by atoms with Gasteiger partial charge in [-0.25, -0.2) is 4.79 Å². The van der Waals surface area contributed by atoms with Crippen molar-refractivity contribution in [1.82, 2.24) is 0 Å². The smallest absolute Gasteiger partial charge is 0.412 e. The zero-order chi connectivity index (χ0) is 15.3. The van der Waals surface area contributed by atoms with E-state index < -0.39 is 17.7 Å². The van der Waals surface area contributed by atoms with E-state index in [1.807, 2.05) is 0 Å². The first kappa shape index (κ1) is 16.0. The van der Waals surface area contributed by atoms with Crippen molar-refractivity contribution in [3.63, 3.8) is 0 Å². The van der Waals surface area contributed by atoms with Crippen LogP contribution in [0.5, 0.6) is 0 Å². The molecule has 2 amide bonds. The second kappa shape index (κ2) is 6.38. The summed E-state index contributed by atoms with van der Waals surface area (Å²) in [5.41, 5.74) is 5.99. The summed E-state index contributed by atoms with van der Waals surface area (Å²) in [6, 6.07) is 6.15. The average Bonchev–Trinajstić information content (AvgIpc) is 2.26. The average molecular weight is 279 g/mol. The fourth-order valence-electron chi connectivity index (χ4n) is 1.35. The van der Waals surface area contributed by atoms with Gasteiger partial charge in [-0.3, -0.25) is 10.1 Å². The van der Waals surface area contributed by atoms with E-state index in [9.17, 15) is 9.59 Å². The topological polar surface area (TPSA) is 93.5 Å². The van der Waals surface area contributed by atoms with Gasteiger partial charge in [0, 0.05) is 11.4 Å². The van der Waals surface area contributed by atoms with Crippen molar-refractivity contribution in [2.45, 2.75) is 39.3 Å². The Morgan fingerprint density at radius 2 is 1.75 bits per heavy atom. The number of rotatable bonds is 3. The lowest BCUT2D eigenvalue weighted by atomic mass is 10.2. The standard InChI is InChI=1S/C14H21N3O3/c1-9(15)12(18)16-10-6-5-7-11(8-10)17-13(19)20-14(2,3)4/h5-9H,15H2,1-4H3,(H,16,18)(H,17,19)/t9-/m0/s1. The van der Waals surface area contributed by atoms with Crippen molar-refractivity contribution in [2.75, 3.05) is 10.6 Å². The molecule has 0 spiro atoms. The van der Waals surface area contributed by atoms with Crippen molar-refractivity contribution in [3.05, 3.63) is 24.3 Å². The largest absolute Gasteiger partial charge is 0.444 e. The third kappa shape index (κ3) is 5.71. The number of carbonyl (C=O) groups excluding carboxylic acids is 2. The molecule has 20 heavy (non-hydrogen) atoms. The monoisotopic (exact) mass is 279 g/mol. The number of anilines is 2. The molecule has 0 aromatic heterocycles.